The van der Waals surface area contributed by atoms with Crippen molar-refractivity contribution in [2.75, 3.05) is 18.5 Å². The van der Waals surface area contributed by atoms with Gasteiger partial charge in [-0.05, 0) is 55.2 Å². The molecule has 30 heavy (non-hydrogen) atoms. The predicted molar refractivity (Wildman–Crippen MR) is 116 cm³/mol. The number of fused-ring (bicyclic) bond motifs is 1. The Bertz CT molecular complexity index is 1180. The standard InChI is InChI=1S/C24H23FN4O/c1-16-3-2-4-20(13-16)29-14-21(17-5-7-18(25)8-6-17)22-23(26-15-27-24(22)29)28-19-9-11-30-12-10-19/h2-8,13-15,19H,9-12H2,1H3,(H,26,27,28). The Morgan fingerprint density at radius 1 is 1.07 bits per heavy atom. The van der Waals surface area contributed by atoms with E-state index in [1.54, 1.807) is 18.5 Å². The van der Waals surface area contributed by atoms with Crippen LogP contribution < -0.4 is 5.32 Å². The third-order valence-corrected chi connectivity index (χ3v) is 5.58. The Morgan fingerprint density at radius 2 is 1.87 bits per heavy atom. The number of aromatic nitrogens is 3. The fourth-order valence-electron chi connectivity index (χ4n) is 4.03. The number of hydrogen-bond acceptors (Lipinski definition) is 4. The van der Waals surface area contributed by atoms with Crippen molar-refractivity contribution in [3.8, 4) is 16.8 Å². The van der Waals surface area contributed by atoms with E-state index in [1.165, 1.54) is 17.7 Å². The van der Waals surface area contributed by atoms with Crippen molar-refractivity contribution < 1.29 is 9.13 Å². The van der Waals surface area contributed by atoms with Crippen molar-refractivity contribution in [1.29, 1.82) is 0 Å². The molecule has 0 aliphatic carbocycles. The van der Waals surface area contributed by atoms with Crippen molar-refractivity contribution >= 4 is 16.9 Å². The largest absolute Gasteiger partial charge is 0.381 e. The van der Waals surface area contributed by atoms with Gasteiger partial charge in [0.05, 0.1) is 5.39 Å². The second-order valence-corrected chi connectivity index (χ2v) is 7.71. The van der Waals surface area contributed by atoms with E-state index in [0.717, 1.165) is 59.7 Å². The van der Waals surface area contributed by atoms with Gasteiger partial charge in [-0.25, -0.2) is 14.4 Å². The Balaban J connectivity index is 1.70. The Morgan fingerprint density at radius 3 is 2.63 bits per heavy atom. The molecule has 5 nitrogen and oxygen atoms in total. The van der Waals surface area contributed by atoms with Crippen molar-refractivity contribution in [3.63, 3.8) is 0 Å². The highest BCUT2D eigenvalue weighted by molar-refractivity contribution is 6.02. The monoisotopic (exact) mass is 402 g/mol. The van der Waals surface area contributed by atoms with Crippen LogP contribution in [-0.2, 0) is 4.74 Å². The number of nitrogens with one attached hydrogen (secondary N) is 1. The summed E-state index contributed by atoms with van der Waals surface area (Å²) in [7, 11) is 0. The average Bonchev–Trinajstić information content (AvgIpc) is 3.16. The highest BCUT2D eigenvalue weighted by Gasteiger charge is 2.20. The zero-order chi connectivity index (χ0) is 20.5. The summed E-state index contributed by atoms with van der Waals surface area (Å²) in [4.78, 5) is 9.20. The predicted octanol–water partition coefficient (Wildman–Crippen LogP) is 5.13. The van der Waals surface area contributed by atoms with Crippen LogP contribution in [0.15, 0.2) is 61.1 Å². The molecule has 4 aromatic rings. The Hall–Kier alpha value is -3.25. The minimum absolute atomic E-state index is 0.252. The lowest BCUT2D eigenvalue weighted by atomic mass is 10.1. The summed E-state index contributed by atoms with van der Waals surface area (Å²) in [6.07, 6.45) is 5.55. The van der Waals surface area contributed by atoms with E-state index >= 15 is 0 Å². The first-order chi connectivity index (χ1) is 14.7. The summed E-state index contributed by atoms with van der Waals surface area (Å²) >= 11 is 0. The fourth-order valence-corrected chi connectivity index (χ4v) is 4.03. The van der Waals surface area contributed by atoms with Crippen LogP contribution in [0.25, 0.3) is 27.8 Å². The number of benzene rings is 2. The molecule has 6 heteroatoms. The molecule has 1 aliphatic rings. The lowest BCUT2D eigenvalue weighted by Gasteiger charge is -2.24. The molecule has 152 valence electrons. The van der Waals surface area contributed by atoms with Gasteiger partial charge in [0.15, 0.2) is 5.65 Å². The van der Waals surface area contributed by atoms with Gasteiger partial charge >= 0.3 is 0 Å². The van der Waals surface area contributed by atoms with Crippen molar-refractivity contribution in [2.45, 2.75) is 25.8 Å². The van der Waals surface area contributed by atoms with Gasteiger partial charge in [-0.2, -0.15) is 0 Å². The normalized spacial score (nSPS) is 14.9. The van der Waals surface area contributed by atoms with E-state index in [1.807, 2.05) is 6.07 Å². The molecule has 1 aliphatic heterocycles. The van der Waals surface area contributed by atoms with Crippen LogP contribution in [0.5, 0.6) is 0 Å². The second kappa shape index (κ2) is 7.88. The first-order valence-electron chi connectivity index (χ1n) is 10.2. The topological polar surface area (TPSA) is 52.0 Å². The molecule has 0 atom stereocenters. The number of aryl methyl sites for hydroxylation is 1. The summed E-state index contributed by atoms with van der Waals surface area (Å²) in [6, 6.07) is 15.2. The molecule has 1 saturated heterocycles. The molecular weight excluding hydrogens is 379 g/mol. The van der Waals surface area contributed by atoms with Crippen molar-refractivity contribution in [2.24, 2.45) is 0 Å². The van der Waals surface area contributed by atoms with E-state index < -0.39 is 0 Å². The SMILES string of the molecule is Cc1cccc(-n2cc(-c3ccc(F)cc3)c3c(NC4CCOCC4)ncnc32)c1. The lowest BCUT2D eigenvalue weighted by Crippen LogP contribution is -2.28. The minimum atomic E-state index is -0.252. The first kappa shape index (κ1) is 18.8. The number of ether oxygens (including phenoxy) is 1. The van der Waals surface area contributed by atoms with Gasteiger partial charge in [-0.3, -0.25) is 0 Å². The van der Waals surface area contributed by atoms with Crippen LogP contribution in [0, 0.1) is 12.7 Å². The van der Waals surface area contributed by atoms with E-state index in [2.05, 4.69) is 51.2 Å². The van der Waals surface area contributed by atoms with Crippen LogP contribution in [0.4, 0.5) is 10.2 Å². The number of halogens is 1. The van der Waals surface area contributed by atoms with Crippen LogP contribution in [-0.4, -0.2) is 33.8 Å². The molecule has 0 amide bonds. The summed E-state index contributed by atoms with van der Waals surface area (Å²) in [5.41, 5.74) is 4.93. The van der Waals surface area contributed by atoms with Crippen LogP contribution >= 0.6 is 0 Å². The first-order valence-corrected chi connectivity index (χ1v) is 10.2. The van der Waals surface area contributed by atoms with Gasteiger partial charge in [-0.15, -0.1) is 0 Å². The van der Waals surface area contributed by atoms with Crippen molar-refractivity contribution in [1.82, 2.24) is 14.5 Å². The zero-order valence-corrected chi connectivity index (χ0v) is 16.8. The number of rotatable bonds is 4. The molecule has 3 heterocycles. The maximum Gasteiger partial charge on any atom is 0.150 e. The van der Waals surface area contributed by atoms with E-state index in [4.69, 9.17) is 4.74 Å². The molecule has 1 N–H and O–H groups in total. The Kier molecular flexibility index (Phi) is 4.93. The Labute approximate surface area is 174 Å². The van der Waals surface area contributed by atoms with Crippen molar-refractivity contribution in [3.05, 3.63) is 72.4 Å². The molecule has 0 bridgehead atoms. The van der Waals surface area contributed by atoms with Gasteiger partial charge in [-0.1, -0.05) is 24.3 Å². The van der Waals surface area contributed by atoms with Gasteiger partial charge < -0.3 is 14.6 Å². The van der Waals surface area contributed by atoms with E-state index in [0.29, 0.717) is 6.04 Å². The lowest BCUT2D eigenvalue weighted by molar-refractivity contribution is 0.0904. The van der Waals surface area contributed by atoms with Crippen LogP contribution in [0.2, 0.25) is 0 Å². The molecule has 0 saturated carbocycles. The molecule has 1 fully saturated rings. The van der Waals surface area contributed by atoms with Gasteiger partial charge in [0.2, 0.25) is 0 Å². The quantitative estimate of drug-likeness (QED) is 0.514. The second-order valence-electron chi connectivity index (χ2n) is 7.71. The zero-order valence-electron chi connectivity index (χ0n) is 16.8. The van der Waals surface area contributed by atoms with Crippen LogP contribution in [0.3, 0.4) is 0 Å². The number of hydrogen-bond donors (Lipinski definition) is 1. The molecule has 2 aromatic heterocycles. The van der Waals surface area contributed by atoms with E-state index in [-0.39, 0.29) is 5.82 Å². The third kappa shape index (κ3) is 3.55. The minimum Gasteiger partial charge on any atom is -0.381 e. The highest BCUT2D eigenvalue weighted by Crippen LogP contribution is 2.36. The summed E-state index contributed by atoms with van der Waals surface area (Å²) in [6.45, 7) is 3.57. The average molecular weight is 402 g/mol. The maximum absolute atomic E-state index is 13.6. The van der Waals surface area contributed by atoms with Crippen LogP contribution in [0.1, 0.15) is 18.4 Å². The number of nitrogens with zero attached hydrogens (tertiary/aromatic N) is 3. The highest BCUT2D eigenvalue weighted by atomic mass is 19.1. The molecule has 0 spiro atoms. The van der Waals surface area contributed by atoms with E-state index in [9.17, 15) is 4.39 Å². The third-order valence-electron chi connectivity index (χ3n) is 5.58. The summed E-state index contributed by atoms with van der Waals surface area (Å²) in [5.74, 6) is 0.551. The number of anilines is 1. The molecule has 5 rings (SSSR count). The fraction of sp³-hybridized carbons (Fsp3) is 0.250. The molecule has 0 unspecified atom stereocenters. The molecular formula is C24H23FN4O. The van der Waals surface area contributed by atoms with Gasteiger partial charge in [0, 0.05) is 36.7 Å². The van der Waals surface area contributed by atoms with Gasteiger partial charge in [0.25, 0.3) is 0 Å². The van der Waals surface area contributed by atoms with Gasteiger partial charge in [0.1, 0.15) is 18.0 Å². The summed E-state index contributed by atoms with van der Waals surface area (Å²) in [5, 5.41) is 4.54. The summed E-state index contributed by atoms with van der Waals surface area (Å²) < 4.78 is 21.1. The molecule has 0 radical (unpaired) electrons. The maximum atomic E-state index is 13.6. The smallest absolute Gasteiger partial charge is 0.150 e. The molecule has 2 aromatic carbocycles.